The van der Waals surface area contributed by atoms with Gasteiger partial charge in [-0.1, -0.05) is 50.2 Å². The van der Waals surface area contributed by atoms with Gasteiger partial charge >= 0.3 is 0 Å². The van der Waals surface area contributed by atoms with Crippen LogP contribution in [0.2, 0.25) is 0 Å². The fraction of sp³-hybridized carbons (Fsp3) is 0.462. The fourth-order valence-corrected chi connectivity index (χ4v) is 0.875. The van der Waals surface area contributed by atoms with Crippen molar-refractivity contribution in [2.24, 2.45) is 5.92 Å². The lowest BCUT2D eigenvalue weighted by Crippen LogP contribution is -1.88. The molecule has 1 heteroatoms. The highest BCUT2D eigenvalue weighted by molar-refractivity contribution is 5.80. The van der Waals surface area contributed by atoms with Crippen LogP contribution in [0.1, 0.15) is 33.6 Å². The van der Waals surface area contributed by atoms with Gasteiger partial charge < -0.3 is 0 Å². The van der Waals surface area contributed by atoms with Gasteiger partial charge in [0, 0.05) is 5.92 Å². The van der Waals surface area contributed by atoms with Gasteiger partial charge in [-0.2, -0.15) is 0 Å². The van der Waals surface area contributed by atoms with Gasteiger partial charge in [0.15, 0.2) is 0 Å². The smallest absolute Gasteiger partial charge is 0.132 e. The van der Waals surface area contributed by atoms with Crippen molar-refractivity contribution in [1.82, 2.24) is 0 Å². The molecule has 0 amide bonds. The molecule has 0 spiro atoms. The number of carbonyl (C=O) groups excluding carboxylic acids is 1. The Hall–Kier alpha value is -1.11. The van der Waals surface area contributed by atoms with Crippen LogP contribution in [0.15, 0.2) is 36.4 Å². The van der Waals surface area contributed by atoms with Crippen molar-refractivity contribution < 1.29 is 4.79 Å². The molecule has 0 atom stereocenters. The van der Waals surface area contributed by atoms with Crippen molar-refractivity contribution in [3.05, 3.63) is 36.4 Å². The molecule has 0 radical (unpaired) electrons. The Bertz CT molecular complexity index is 198. The number of hydrogen-bond acceptors (Lipinski definition) is 1. The molecule has 0 heterocycles. The summed E-state index contributed by atoms with van der Waals surface area (Å²) in [6.07, 6.45) is 2.30. The summed E-state index contributed by atoms with van der Waals surface area (Å²) in [4.78, 5) is 10.2. The van der Waals surface area contributed by atoms with Crippen LogP contribution in [0.3, 0.4) is 0 Å². The van der Waals surface area contributed by atoms with Crippen LogP contribution in [0.5, 0.6) is 0 Å². The molecule has 1 aromatic carbocycles. The van der Waals surface area contributed by atoms with Crippen molar-refractivity contribution >= 4 is 5.78 Å². The zero-order valence-electron chi connectivity index (χ0n) is 9.36. The molecular formula is C13H20O. The lowest BCUT2D eigenvalue weighted by molar-refractivity contribution is -0.118. The molecule has 2 rings (SSSR count). The summed E-state index contributed by atoms with van der Waals surface area (Å²) in [5.74, 6) is 0.833. The summed E-state index contributed by atoms with van der Waals surface area (Å²) < 4.78 is 0. The van der Waals surface area contributed by atoms with Crippen LogP contribution < -0.4 is 0 Å². The van der Waals surface area contributed by atoms with E-state index in [9.17, 15) is 4.79 Å². The first-order chi connectivity index (χ1) is 6.80. The Labute approximate surface area is 87.2 Å². The Morgan fingerprint density at radius 1 is 0.929 bits per heavy atom. The van der Waals surface area contributed by atoms with E-state index >= 15 is 0 Å². The maximum atomic E-state index is 10.2. The third-order valence-corrected chi connectivity index (χ3v) is 1.82. The van der Waals surface area contributed by atoms with E-state index in [4.69, 9.17) is 0 Å². The van der Waals surface area contributed by atoms with E-state index in [1.54, 1.807) is 6.92 Å². The maximum absolute atomic E-state index is 10.2. The first-order valence-electron chi connectivity index (χ1n) is 5.31. The summed E-state index contributed by atoms with van der Waals surface area (Å²) in [7, 11) is 0. The topological polar surface area (TPSA) is 17.1 Å². The van der Waals surface area contributed by atoms with Crippen LogP contribution in [0.4, 0.5) is 0 Å². The predicted octanol–water partition coefficient (Wildman–Crippen LogP) is 3.70. The third-order valence-electron chi connectivity index (χ3n) is 1.82. The van der Waals surface area contributed by atoms with E-state index in [1.807, 2.05) is 50.2 Å². The predicted molar refractivity (Wildman–Crippen MR) is 61.2 cm³/mol. The van der Waals surface area contributed by atoms with E-state index < -0.39 is 0 Å². The van der Waals surface area contributed by atoms with Gasteiger partial charge in [0.2, 0.25) is 0 Å². The van der Waals surface area contributed by atoms with Gasteiger partial charge in [-0.25, -0.2) is 0 Å². The summed E-state index contributed by atoms with van der Waals surface area (Å²) in [6.45, 7) is 5.66. The van der Waals surface area contributed by atoms with Gasteiger partial charge in [-0.05, 0) is 19.8 Å². The summed E-state index contributed by atoms with van der Waals surface area (Å²) in [5.41, 5.74) is 0. The van der Waals surface area contributed by atoms with Gasteiger partial charge in [0.1, 0.15) is 5.78 Å². The van der Waals surface area contributed by atoms with E-state index in [0.717, 1.165) is 12.8 Å². The van der Waals surface area contributed by atoms with Gasteiger partial charge in [0.25, 0.3) is 0 Å². The average Bonchev–Trinajstić information content (AvgIpc) is 3.08. The van der Waals surface area contributed by atoms with E-state index in [-0.39, 0.29) is 0 Å². The number of rotatable bonds is 1. The summed E-state index contributed by atoms with van der Waals surface area (Å²) in [5, 5.41) is 0. The maximum Gasteiger partial charge on any atom is 0.132 e. The molecule has 14 heavy (non-hydrogen) atoms. The quantitative estimate of drug-likeness (QED) is 0.663. The molecule has 1 aliphatic rings. The molecule has 0 N–H and O–H groups in total. The van der Waals surface area contributed by atoms with Gasteiger partial charge in [0.05, 0.1) is 0 Å². The van der Waals surface area contributed by atoms with Crippen molar-refractivity contribution in [3.63, 3.8) is 0 Å². The van der Waals surface area contributed by atoms with E-state index in [0.29, 0.717) is 11.7 Å². The molecule has 1 saturated carbocycles. The molecule has 1 aromatic rings. The minimum absolute atomic E-state index is 0.370. The van der Waals surface area contributed by atoms with Gasteiger partial charge in [-0.3, -0.25) is 4.79 Å². The Balaban J connectivity index is 0.000000206. The SMILES string of the molecule is CC.CC(=O)C1CC1.c1ccccc1. The molecule has 1 aliphatic carbocycles. The summed E-state index contributed by atoms with van der Waals surface area (Å²) in [6, 6.07) is 12.0. The van der Waals surface area contributed by atoms with Crippen molar-refractivity contribution in [2.75, 3.05) is 0 Å². The summed E-state index contributed by atoms with van der Waals surface area (Å²) >= 11 is 0. The standard InChI is InChI=1S/C6H6.C5H8O.C2H6/c1-2-4-6-5-3-1;1-4(6)5-2-3-5;1-2/h1-6H;5H,2-3H2,1H3;1-2H3. The first kappa shape index (κ1) is 12.9. The van der Waals surface area contributed by atoms with Gasteiger partial charge in [-0.15, -0.1) is 0 Å². The Kier molecular flexibility index (Phi) is 7.81. The Morgan fingerprint density at radius 3 is 1.29 bits per heavy atom. The van der Waals surface area contributed by atoms with Crippen LogP contribution in [-0.2, 0) is 4.79 Å². The van der Waals surface area contributed by atoms with E-state index in [2.05, 4.69) is 0 Å². The van der Waals surface area contributed by atoms with Crippen LogP contribution in [-0.4, -0.2) is 5.78 Å². The van der Waals surface area contributed by atoms with Crippen molar-refractivity contribution in [3.8, 4) is 0 Å². The second kappa shape index (κ2) is 8.49. The number of ketones is 1. The normalized spacial score (nSPS) is 12.8. The lowest BCUT2D eigenvalue weighted by atomic mass is 10.3. The number of hydrogen-bond donors (Lipinski definition) is 0. The molecule has 0 saturated heterocycles. The van der Waals surface area contributed by atoms with Crippen molar-refractivity contribution in [1.29, 1.82) is 0 Å². The molecule has 1 nitrogen and oxygen atoms in total. The fourth-order valence-electron chi connectivity index (χ4n) is 0.875. The zero-order chi connectivity index (χ0) is 10.8. The minimum atomic E-state index is 0.370. The van der Waals surface area contributed by atoms with Crippen LogP contribution >= 0.6 is 0 Å². The first-order valence-corrected chi connectivity index (χ1v) is 5.31. The van der Waals surface area contributed by atoms with Crippen molar-refractivity contribution in [2.45, 2.75) is 33.6 Å². The molecule has 0 unspecified atom stereocenters. The minimum Gasteiger partial charge on any atom is -0.300 e. The highest BCUT2D eigenvalue weighted by atomic mass is 16.1. The average molecular weight is 192 g/mol. The highest BCUT2D eigenvalue weighted by Crippen LogP contribution is 2.29. The molecule has 1 fully saturated rings. The highest BCUT2D eigenvalue weighted by Gasteiger charge is 2.25. The zero-order valence-corrected chi connectivity index (χ0v) is 9.36. The molecule has 0 bridgehead atoms. The molecule has 78 valence electrons. The number of Topliss-reactive ketones (excluding diaryl/α,β-unsaturated/α-hetero) is 1. The van der Waals surface area contributed by atoms with Crippen LogP contribution in [0.25, 0.3) is 0 Å². The third kappa shape index (κ3) is 7.53. The Morgan fingerprint density at radius 2 is 1.21 bits per heavy atom. The monoisotopic (exact) mass is 192 g/mol. The van der Waals surface area contributed by atoms with E-state index in [1.165, 1.54) is 0 Å². The number of carbonyl (C=O) groups is 1. The second-order valence-corrected chi connectivity index (χ2v) is 3.04. The molecular weight excluding hydrogens is 172 g/mol. The second-order valence-electron chi connectivity index (χ2n) is 3.04. The number of benzene rings is 1. The van der Waals surface area contributed by atoms with Crippen LogP contribution in [0, 0.1) is 5.92 Å². The lowest BCUT2D eigenvalue weighted by Gasteiger charge is -1.75. The molecule has 0 aliphatic heterocycles. The largest absolute Gasteiger partial charge is 0.300 e. The molecule has 0 aromatic heterocycles.